The van der Waals surface area contributed by atoms with Crippen LogP contribution in [-0.2, 0) is 9.59 Å². The number of carbonyl (C=O) groups excluding carboxylic acids is 2. The number of nitrogens with one attached hydrogen (secondary N) is 1. The summed E-state index contributed by atoms with van der Waals surface area (Å²) in [7, 11) is 0. The topological polar surface area (TPSA) is 91.2 Å². The first-order valence-corrected chi connectivity index (χ1v) is 11.7. The van der Waals surface area contributed by atoms with E-state index in [1.165, 1.54) is 12.8 Å². The molecule has 0 radical (unpaired) electrons. The molecule has 1 aromatic carbocycles. The lowest BCUT2D eigenvalue weighted by atomic mass is 9.95. The molecular formula is C22H29N3O4S. The van der Waals surface area contributed by atoms with E-state index >= 15 is 0 Å². The largest absolute Gasteiger partial charge is 0.493 e. The molecule has 0 spiro atoms. The number of aliphatic hydroxyl groups excluding tert-OH is 1. The number of amides is 2. The van der Waals surface area contributed by atoms with Crippen molar-refractivity contribution in [3.05, 3.63) is 29.3 Å². The van der Waals surface area contributed by atoms with Crippen molar-refractivity contribution in [2.45, 2.75) is 51.2 Å². The third-order valence-electron chi connectivity index (χ3n) is 5.89. The van der Waals surface area contributed by atoms with Crippen LogP contribution in [0.25, 0.3) is 0 Å². The molecule has 1 saturated carbocycles. The monoisotopic (exact) mass is 431 g/mol. The summed E-state index contributed by atoms with van der Waals surface area (Å²) in [6, 6.07) is 6.05. The van der Waals surface area contributed by atoms with Crippen molar-refractivity contribution in [1.29, 1.82) is 0 Å². The van der Waals surface area contributed by atoms with Gasteiger partial charge in [-0.1, -0.05) is 23.9 Å². The highest BCUT2D eigenvalue weighted by atomic mass is 32.2. The molecule has 3 atom stereocenters. The zero-order chi connectivity index (χ0) is 21.3. The van der Waals surface area contributed by atoms with Crippen molar-refractivity contribution in [3.8, 4) is 5.75 Å². The number of nitrogens with zero attached hydrogens (tertiary/aromatic N) is 2. The quantitative estimate of drug-likeness (QED) is 0.692. The van der Waals surface area contributed by atoms with Gasteiger partial charge >= 0.3 is 0 Å². The van der Waals surface area contributed by atoms with Gasteiger partial charge in [0.1, 0.15) is 5.75 Å². The van der Waals surface area contributed by atoms with Crippen LogP contribution in [-0.4, -0.2) is 58.5 Å². The summed E-state index contributed by atoms with van der Waals surface area (Å²) in [5.74, 6) is 2.07. The normalized spacial score (nSPS) is 24.7. The molecule has 162 valence electrons. The van der Waals surface area contributed by atoms with Crippen LogP contribution in [0.4, 0.5) is 0 Å². The molecule has 2 N–H and O–H groups in total. The molecule has 2 heterocycles. The molecule has 30 heavy (non-hydrogen) atoms. The molecular weight excluding hydrogens is 402 g/mol. The second kappa shape index (κ2) is 8.98. The van der Waals surface area contributed by atoms with E-state index in [0.29, 0.717) is 42.4 Å². The van der Waals surface area contributed by atoms with Crippen molar-refractivity contribution < 1.29 is 19.4 Å². The molecule has 4 rings (SSSR count). The van der Waals surface area contributed by atoms with Gasteiger partial charge in [0.15, 0.2) is 5.17 Å². The number of likely N-dealkylation sites (tertiary alicyclic amines) is 1. The summed E-state index contributed by atoms with van der Waals surface area (Å²) in [5.41, 5.74) is 1.72. The van der Waals surface area contributed by atoms with Crippen LogP contribution in [0.3, 0.4) is 0 Å². The highest BCUT2D eigenvalue weighted by Gasteiger charge is 2.36. The van der Waals surface area contributed by atoms with Gasteiger partial charge in [-0.25, -0.2) is 0 Å². The summed E-state index contributed by atoms with van der Waals surface area (Å²) in [6.45, 7) is 4.65. The molecule has 8 heteroatoms. The van der Waals surface area contributed by atoms with Gasteiger partial charge in [-0.2, -0.15) is 0 Å². The lowest BCUT2D eigenvalue weighted by Gasteiger charge is -2.18. The molecule has 7 nitrogen and oxygen atoms in total. The van der Waals surface area contributed by atoms with E-state index in [2.05, 4.69) is 10.3 Å². The number of thioether (sulfide) groups is 1. The van der Waals surface area contributed by atoms with Crippen LogP contribution < -0.4 is 10.1 Å². The van der Waals surface area contributed by atoms with Crippen LogP contribution in [0.1, 0.15) is 56.3 Å². The van der Waals surface area contributed by atoms with Gasteiger partial charge < -0.3 is 20.1 Å². The van der Waals surface area contributed by atoms with Crippen molar-refractivity contribution in [2.24, 2.45) is 10.9 Å². The lowest BCUT2D eigenvalue weighted by molar-refractivity contribution is -0.132. The van der Waals surface area contributed by atoms with E-state index in [4.69, 9.17) is 4.74 Å². The fraction of sp³-hybridized carbons (Fsp3) is 0.591. The van der Waals surface area contributed by atoms with Gasteiger partial charge in [-0.3, -0.25) is 14.6 Å². The Bertz CT molecular complexity index is 853. The van der Waals surface area contributed by atoms with Gasteiger partial charge in [-0.05, 0) is 44.2 Å². The first-order chi connectivity index (χ1) is 14.4. The third kappa shape index (κ3) is 4.81. The van der Waals surface area contributed by atoms with Gasteiger partial charge in [0.2, 0.25) is 11.8 Å². The number of aliphatic imine (C=N–C) groups is 1. The minimum atomic E-state index is -0.623. The molecule has 2 fully saturated rings. The molecule has 1 aromatic rings. The first-order valence-electron chi connectivity index (χ1n) is 10.7. The van der Waals surface area contributed by atoms with E-state index in [0.717, 1.165) is 16.9 Å². The SMILES string of the molecule is CCOc1cc([C@@H]2CC(=O)N(CC(=O)NC3=NC(C4CC4)CS3)C2)ccc1C(C)O. The fourth-order valence-electron chi connectivity index (χ4n) is 4.09. The van der Waals surface area contributed by atoms with Gasteiger partial charge in [0, 0.05) is 30.2 Å². The van der Waals surface area contributed by atoms with Crippen LogP contribution in [0.5, 0.6) is 5.75 Å². The number of aliphatic hydroxyl groups is 1. The molecule has 1 saturated heterocycles. The Hall–Kier alpha value is -2.06. The Labute approximate surface area is 181 Å². The predicted molar refractivity (Wildman–Crippen MR) is 117 cm³/mol. The van der Waals surface area contributed by atoms with Gasteiger partial charge in [0.05, 0.1) is 25.3 Å². The van der Waals surface area contributed by atoms with Crippen molar-refractivity contribution in [2.75, 3.05) is 25.4 Å². The van der Waals surface area contributed by atoms with Crippen molar-refractivity contribution >= 4 is 28.7 Å². The van der Waals surface area contributed by atoms with Crippen LogP contribution in [0.15, 0.2) is 23.2 Å². The predicted octanol–water partition coefficient (Wildman–Crippen LogP) is 2.45. The summed E-state index contributed by atoms with van der Waals surface area (Å²) >= 11 is 1.59. The fourth-order valence-corrected chi connectivity index (χ4v) is 5.16. The highest BCUT2D eigenvalue weighted by molar-refractivity contribution is 8.14. The van der Waals surface area contributed by atoms with E-state index in [-0.39, 0.29) is 24.3 Å². The Morgan fingerprint density at radius 1 is 1.43 bits per heavy atom. The number of rotatable bonds is 7. The number of amidine groups is 1. The minimum absolute atomic E-state index is 0.00463. The summed E-state index contributed by atoms with van der Waals surface area (Å²) in [5, 5.41) is 13.5. The molecule has 2 amide bonds. The molecule has 2 unspecified atom stereocenters. The summed E-state index contributed by atoms with van der Waals surface area (Å²) in [6.07, 6.45) is 2.22. The average molecular weight is 432 g/mol. The summed E-state index contributed by atoms with van der Waals surface area (Å²) in [4.78, 5) is 31.2. The first kappa shape index (κ1) is 21.2. The van der Waals surface area contributed by atoms with Crippen LogP contribution in [0.2, 0.25) is 0 Å². The standard InChI is InChI=1S/C22H29N3O4S/c1-3-29-19-8-15(6-7-17(19)13(2)26)16-9-21(28)25(10-16)11-20(27)24-22-23-18(12-30-22)14-4-5-14/h6-8,13-14,16,18,26H,3-5,9-12H2,1-2H3,(H,23,24,27)/t13?,16-,18?/m1/s1. The molecule has 1 aliphatic carbocycles. The third-order valence-corrected chi connectivity index (χ3v) is 6.88. The molecule has 0 bridgehead atoms. The zero-order valence-electron chi connectivity index (χ0n) is 17.5. The maximum atomic E-state index is 12.5. The van der Waals surface area contributed by atoms with E-state index in [1.54, 1.807) is 23.6 Å². The Balaban J connectivity index is 1.36. The maximum Gasteiger partial charge on any atom is 0.245 e. The van der Waals surface area contributed by atoms with Crippen LogP contribution >= 0.6 is 11.8 Å². The average Bonchev–Trinajstić information content (AvgIpc) is 3.35. The van der Waals surface area contributed by atoms with Crippen molar-refractivity contribution in [1.82, 2.24) is 10.2 Å². The zero-order valence-corrected chi connectivity index (χ0v) is 18.3. The molecule has 3 aliphatic rings. The van der Waals surface area contributed by atoms with E-state index in [1.807, 2.05) is 25.1 Å². The van der Waals surface area contributed by atoms with Crippen molar-refractivity contribution in [3.63, 3.8) is 0 Å². The van der Waals surface area contributed by atoms with Crippen LogP contribution in [0, 0.1) is 5.92 Å². The number of benzene rings is 1. The summed E-state index contributed by atoms with van der Waals surface area (Å²) < 4.78 is 5.68. The van der Waals surface area contributed by atoms with Gasteiger partial charge in [-0.15, -0.1) is 0 Å². The number of carbonyl (C=O) groups is 2. The number of ether oxygens (including phenoxy) is 1. The molecule has 2 aliphatic heterocycles. The Morgan fingerprint density at radius 3 is 2.93 bits per heavy atom. The second-order valence-electron chi connectivity index (χ2n) is 8.28. The number of hydrogen-bond donors (Lipinski definition) is 2. The minimum Gasteiger partial charge on any atom is -0.493 e. The van der Waals surface area contributed by atoms with E-state index in [9.17, 15) is 14.7 Å². The number of hydrogen-bond acceptors (Lipinski definition) is 6. The lowest BCUT2D eigenvalue weighted by Crippen LogP contribution is -2.39. The molecule has 0 aromatic heterocycles. The Kier molecular flexibility index (Phi) is 6.34. The smallest absolute Gasteiger partial charge is 0.245 e. The second-order valence-corrected chi connectivity index (χ2v) is 9.29. The van der Waals surface area contributed by atoms with E-state index < -0.39 is 6.10 Å². The van der Waals surface area contributed by atoms with Gasteiger partial charge in [0.25, 0.3) is 0 Å². The highest BCUT2D eigenvalue weighted by Crippen LogP contribution is 2.38. The Morgan fingerprint density at radius 2 is 2.23 bits per heavy atom. The maximum absolute atomic E-state index is 12.5.